The minimum absolute atomic E-state index is 0.0332. The molecule has 0 amide bonds. The fraction of sp³-hybridized carbons (Fsp3) is 0.143. The number of halogens is 3. The Kier molecular flexibility index (Phi) is 8.40. The van der Waals surface area contributed by atoms with Crippen LogP contribution in [0.15, 0.2) is 79.3 Å². The molecule has 0 fully saturated rings. The van der Waals surface area contributed by atoms with Crippen molar-refractivity contribution in [2.45, 2.75) is 12.6 Å². The van der Waals surface area contributed by atoms with Crippen LogP contribution in [-0.2, 0) is 17.4 Å². The van der Waals surface area contributed by atoms with E-state index >= 15 is 0 Å². The molecule has 0 aliphatic rings. The van der Waals surface area contributed by atoms with Gasteiger partial charge in [-0.3, -0.25) is 4.98 Å². The lowest BCUT2D eigenvalue weighted by molar-refractivity contribution is -0.137. The smallest absolute Gasteiger partial charge is 0.416 e. The first-order chi connectivity index (χ1) is 18.7. The number of hydrogen-bond donors (Lipinski definition) is 3. The molecular formula is C28H24F3N5O3. The van der Waals surface area contributed by atoms with E-state index in [1.807, 2.05) is 18.2 Å². The molecule has 11 heteroatoms. The van der Waals surface area contributed by atoms with Gasteiger partial charge < -0.3 is 20.5 Å². The zero-order valence-electron chi connectivity index (χ0n) is 20.7. The summed E-state index contributed by atoms with van der Waals surface area (Å²) in [5.74, 6) is -0.511. The lowest BCUT2D eigenvalue weighted by Crippen LogP contribution is -2.10. The van der Waals surface area contributed by atoms with Crippen molar-refractivity contribution in [3.8, 4) is 16.9 Å². The zero-order chi connectivity index (χ0) is 27.8. The quantitative estimate of drug-likeness (QED) is 0.210. The monoisotopic (exact) mass is 535 g/mol. The summed E-state index contributed by atoms with van der Waals surface area (Å²) in [4.78, 5) is 23.8. The van der Waals surface area contributed by atoms with Crippen LogP contribution in [0.25, 0.3) is 17.2 Å². The molecule has 4 aromatic rings. The fourth-order valence-corrected chi connectivity index (χ4v) is 3.72. The molecule has 0 unspecified atom stereocenters. The SMILES string of the molecule is COc1cc(Nc2ncc(-c3cccc(C=CC(=O)O)c3)c(NCCc3ccncc3)n2)cc(C(F)(F)F)c1. The average Bonchev–Trinajstić information content (AvgIpc) is 2.92. The minimum Gasteiger partial charge on any atom is -0.497 e. The maximum atomic E-state index is 13.4. The average molecular weight is 536 g/mol. The molecule has 0 atom stereocenters. The summed E-state index contributed by atoms with van der Waals surface area (Å²) in [6.07, 6.45) is 3.57. The maximum Gasteiger partial charge on any atom is 0.416 e. The van der Waals surface area contributed by atoms with Gasteiger partial charge in [0.05, 0.1) is 12.7 Å². The second kappa shape index (κ2) is 12.1. The number of rotatable bonds is 10. The van der Waals surface area contributed by atoms with Gasteiger partial charge in [-0.2, -0.15) is 18.2 Å². The van der Waals surface area contributed by atoms with Gasteiger partial charge in [-0.05, 0) is 59.5 Å². The van der Waals surface area contributed by atoms with Gasteiger partial charge in [-0.15, -0.1) is 0 Å². The largest absolute Gasteiger partial charge is 0.497 e. The highest BCUT2D eigenvalue weighted by Crippen LogP contribution is 2.35. The van der Waals surface area contributed by atoms with E-state index in [1.54, 1.807) is 36.8 Å². The summed E-state index contributed by atoms with van der Waals surface area (Å²) in [6.45, 7) is 0.503. The minimum atomic E-state index is -4.56. The van der Waals surface area contributed by atoms with Crippen molar-refractivity contribution in [3.63, 3.8) is 0 Å². The summed E-state index contributed by atoms with van der Waals surface area (Å²) in [5.41, 5.74) is 2.31. The van der Waals surface area contributed by atoms with Crippen molar-refractivity contribution in [2.75, 3.05) is 24.3 Å². The fourth-order valence-electron chi connectivity index (χ4n) is 3.72. The highest BCUT2D eigenvalue weighted by Gasteiger charge is 2.31. The number of carbonyl (C=O) groups is 1. The van der Waals surface area contributed by atoms with Crippen molar-refractivity contribution in [1.29, 1.82) is 0 Å². The number of anilines is 3. The van der Waals surface area contributed by atoms with Gasteiger partial charge in [-0.1, -0.05) is 18.2 Å². The summed E-state index contributed by atoms with van der Waals surface area (Å²) < 4.78 is 45.1. The molecule has 0 bridgehead atoms. The van der Waals surface area contributed by atoms with Gasteiger partial charge in [0, 0.05) is 48.5 Å². The topological polar surface area (TPSA) is 109 Å². The molecule has 2 aromatic carbocycles. The molecule has 0 spiro atoms. The van der Waals surface area contributed by atoms with Gasteiger partial charge in [-0.25, -0.2) is 9.78 Å². The predicted molar refractivity (Wildman–Crippen MR) is 142 cm³/mol. The number of carboxylic acids is 1. The van der Waals surface area contributed by atoms with E-state index in [2.05, 4.69) is 25.6 Å². The molecule has 0 aliphatic carbocycles. The Morgan fingerprint density at radius 2 is 1.90 bits per heavy atom. The molecule has 0 saturated heterocycles. The van der Waals surface area contributed by atoms with Crippen LogP contribution < -0.4 is 15.4 Å². The summed E-state index contributed by atoms with van der Waals surface area (Å²) in [7, 11) is 1.29. The van der Waals surface area contributed by atoms with E-state index in [-0.39, 0.29) is 17.4 Å². The van der Waals surface area contributed by atoms with Crippen LogP contribution in [0.5, 0.6) is 5.75 Å². The summed E-state index contributed by atoms with van der Waals surface area (Å²) >= 11 is 0. The van der Waals surface area contributed by atoms with Crippen LogP contribution in [0.2, 0.25) is 0 Å². The van der Waals surface area contributed by atoms with Crippen LogP contribution in [0.4, 0.5) is 30.6 Å². The zero-order valence-corrected chi connectivity index (χ0v) is 20.7. The van der Waals surface area contributed by atoms with Gasteiger partial charge in [0.2, 0.25) is 5.95 Å². The second-order valence-electron chi connectivity index (χ2n) is 8.36. The summed E-state index contributed by atoms with van der Waals surface area (Å²) in [5, 5.41) is 15.1. The number of nitrogens with zero attached hydrogens (tertiary/aromatic N) is 3. The van der Waals surface area contributed by atoms with Crippen molar-refractivity contribution >= 4 is 29.5 Å². The number of hydrogen-bond acceptors (Lipinski definition) is 7. The first kappa shape index (κ1) is 27.1. The Balaban J connectivity index is 1.67. The van der Waals surface area contributed by atoms with E-state index < -0.39 is 17.7 Å². The van der Waals surface area contributed by atoms with Crippen LogP contribution in [0.1, 0.15) is 16.7 Å². The molecule has 4 rings (SSSR count). The number of pyridine rings is 1. The Labute approximate surface area is 222 Å². The Hall–Kier alpha value is -4.93. The van der Waals surface area contributed by atoms with E-state index in [0.29, 0.717) is 29.9 Å². The van der Waals surface area contributed by atoms with Crippen molar-refractivity contribution in [2.24, 2.45) is 0 Å². The van der Waals surface area contributed by atoms with E-state index in [9.17, 15) is 18.0 Å². The maximum absolute atomic E-state index is 13.4. The van der Waals surface area contributed by atoms with E-state index in [4.69, 9.17) is 9.84 Å². The van der Waals surface area contributed by atoms with Crippen LogP contribution in [-0.4, -0.2) is 39.7 Å². The molecule has 0 radical (unpaired) electrons. The molecule has 2 aromatic heterocycles. The lowest BCUT2D eigenvalue weighted by Gasteiger charge is -2.15. The van der Waals surface area contributed by atoms with Gasteiger partial charge in [0.1, 0.15) is 11.6 Å². The highest BCUT2D eigenvalue weighted by atomic mass is 19.4. The highest BCUT2D eigenvalue weighted by molar-refractivity contribution is 5.86. The number of aliphatic carboxylic acids is 1. The van der Waals surface area contributed by atoms with Crippen LogP contribution >= 0.6 is 0 Å². The summed E-state index contributed by atoms with van der Waals surface area (Å²) in [6, 6.07) is 14.2. The van der Waals surface area contributed by atoms with Crippen LogP contribution in [0.3, 0.4) is 0 Å². The second-order valence-corrected chi connectivity index (χ2v) is 8.36. The number of alkyl halides is 3. The Bertz CT molecular complexity index is 1480. The Morgan fingerprint density at radius 1 is 1.10 bits per heavy atom. The third-order valence-corrected chi connectivity index (χ3v) is 5.59. The first-order valence-electron chi connectivity index (χ1n) is 11.8. The normalized spacial score (nSPS) is 11.4. The number of nitrogens with one attached hydrogen (secondary N) is 2. The molecule has 200 valence electrons. The number of carboxylic acid groups (broad SMARTS) is 1. The van der Waals surface area contributed by atoms with Crippen molar-refractivity contribution in [3.05, 3.63) is 96.0 Å². The molecular weight excluding hydrogens is 511 g/mol. The third-order valence-electron chi connectivity index (χ3n) is 5.59. The molecule has 0 aliphatic heterocycles. The van der Waals surface area contributed by atoms with Crippen molar-refractivity contribution < 1.29 is 27.8 Å². The number of aromatic nitrogens is 3. The lowest BCUT2D eigenvalue weighted by atomic mass is 10.0. The predicted octanol–water partition coefficient (Wildman–Crippen LogP) is 6.06. The number of methoxy groups -OCH3 is 1. The van der Waals surface area contributed by atoms with Crippen LogP contribution in [0, 0.1) is 0 Å². The van der Waals surface area contributed by atoms with Crippen molar-refractivity contribution in [1.82, 2.24) is 15.0 Å². The molecule has 39 heavy (non-hydrogen) atoms. The Morgan fingerprint density at radius 3 is 2.62 bits per heavy atom. The number of ether oxygens (including phenoxy) is 1. The van der Waals surface area contributed by atoms with Gasteiger partial charge in [0.25, 0.3) is 0 Å². The van der Waals surface area contributed by atoms with Gasteiger partial charge >= 0.3 is 12.1 Å². The number of benzene rings is 2. The molecule has 3 N–H and O–H groups in total. The standard InChI is InChI=1S/C28H24F3N5O3/c1-39-23-15-21(28(29,30)31)14-22(16-23)35-27-34-17-24(20-4-2-3-19(13-20)5-6-25(37)38)26(36-27)33-12-9-18-7-10-32-11-8-18/h2-8,10-11,13-17H,9,12H2,1H3,(H,37,38)(H2,33,34,35,36). The first-order valence-corrected chi connectivity index (χ1v) is 11.8. The third kappa shape index (κ3) is 7.54. The van der Waals surface area contributed by atoms with E-state index in [1.165, 1.54) is 19.3 Å². The molecule has 8 nitrogen and oxygen atoms in total. The molecule has 0 saturated carbocycles. The molecule has 2 heterocycles. The van der Waals surface area contributed by atoms with E-state index in [0.717, 1.165) is 29.3 Å². The van der Waals surface area contributed by atoms with Gasteiger partial charge in [0.15, 0.2) is 0 Å².